The van der Waals surface area contributed by atoms with Crippen LogP contribution in [0.1, 0.15) is 10.4 Å². The van der Waals surface area contributed by atoms with Gasteiger partial charge in [-0.25, -0.2) is 9.78 Å². The van der Waals surface area contributed by atoms with Crippen molar-refractivity contribution in [1.82, 2.24) is 20.0 Å². The fourth-order valence-electron chi connectivity index (χ4n) is 1.78. The van der Waals surface area contributed by atoms with Crippen molar-refractivity contribution in [1.29, 1.82) is 0 Å². The Morgan fingerprint density at radius 1 is 1.21 bits per heavy atom. The molecule has 7 heteroatoms. The summed E-state index contributed by atoms with van der Waals surface area (Å²) in [5.74, 6) is -0.951. The van der Waals surface area contributed by atoms with Crippen molar-refractivity contribution in [3.05, 3.63) is 47.1 Å². The smallest absolute Gasteiger partial charge is 0.339 e. The summed E-state index contributed by atoms with van der Waals surface area (Å²) in [6.07, 6.45) is 0. The van der Waals surface area contributed by atoms with Gasteiger partial charge in [0.2, 0.25) is 0 Å². The highest BCUT2D eigenvalue weighted by molar-refractivity contribution is 6.29. The molecule has 3 rings (SSSR count). The standard InChI is InChI=1S/C12H7ClN4O2/c13-10-6-5-7(12(18)19)11(14-10)17-9-4-2-1-3-8(9)15-16-17/h1-6H,(H,18,19). The summed E-state index contributed by atoms with van der Waals surface area (Å²) >= 11 is 5.82. The molecule has 19 heavy (non-hydrogen) atoms. The first-order valence-corrected chi connectivity index (χ1v) is 5.75. The summed E-state index contributed by atoms with van der Waals surface area (Å²) in [7, 11) is 0. The van der Waals surface area contributed by atoms with Crippen LogP contribution in [-0.2, 0) is 0 Å². The van der Waals surface area contributed by atoms with Gasteiger partial charge in [-0.2, -0.15) is 4.68 Å². The number of halogens is 1. The van der Waals surface area contributed by atoms with Gasteiger partial charge in [-0.05, 0) is 24.3 Å². The van der Waals surface area contributed by atoms with E-state index in [-0.39, 0.29) is 16.5 Å². The third kappa shape index (κ3) is 1.92. The largest absolute Gasteiger partial charge is 0.478 e. The molecule has 0 amide bonds. The van der Waals surface area contributed by atoms with Crippen LogP contribution in [0.5, 0.6) is 0 Å². The van der Waals surface area contributed by atoms with Crippen molar-refractivity contribution < 1.29 is 9.90 Å². The van der Waals surface area contributed by atoms with E-state index in [1.165, 1.54) is 16.8 Å². The molecular weight excluding hydrogens is 268 g/mol. The normalized spacial score (nSPS) is 10.8. The van der Waals surface area contributed by atoms with Gasteiger partial charge < -0.3 is 5.11 Å². The molecule has 0 aliphatic heterocycles. The Morgan fingerprint density at radius 3 is 2.79 bits per heavy atom. The molecule has 0 fully saturated rings. The van der Waals surface area contributed by atoms with Gasteiger partial charge in [-0.15, -0.1) is 5.10 Å². The monoisotopic (exact) mass is 274 g/mol. The molecule has 1 aromatic carbocycles. The summed E-state index contributed by atoms with van der Waals surface area (Å²) in [5, 5.41) is 17.3. The van der Waals surface area contributed by atoms with Gasteiger partial charge in [0.1, 0.15) is 16.2 Å². The molecule has 0 aliphatic carbocycles. The predicted molar refractivity (Wildman–Crippen MR) is 68.6 cm³/mol. The highest BCUT2D eigenvalue weighted by Crippen LogP contribution is 2.19. The van der Waals surface area contributed by atoms with Crippen LogP contribution in [0.4, 0.5) is 0 Å². The van der Waals surface area contributed by atoms with Crippen molar-refractivity contribution in [2.75, 3.05) is 0 Å². The molecule has 1 N–H and O–H groups in total. The van der Waals surface area contributed by atoms with E-state index in [9.17, 15) is 9.90 Å². The van der Waals surface area contributed by atoms with E-state index in [1.807, 2.05) is 12.1 Å². The number of hydrogen-bond donors (Lipinski definition) is 1. The van der Waals surface area contributed by atoms with Crippen LogP contribution in [0.3, 0.4) is 0 Å². The lowest BCUT2D eigenvalue weighted by Crippen LogP contribution is -2.09. The Morgan fingerprint density at radius 2 is 2.00 bits per heavy atom. The second-order valence-electron chi connectivity index (χ2n) is 3.80. The van der Waals surface area contributed by atoms with E-state index in [4.69, 9.17) is 11.6 Å². The summed E-state index contributed by atoms with van der Waals surface area (Å²) in [5.41, 5.74) is 1.33. The summed E-state index contributed by atoms with van der Waals surface area (Å²) < 4.78 is 1.37. The predicted octanol–water partition coefficient (Wildman–Crippen LogP) is 2.17. The Hall–Kier alpha value is -2.47. The zero-order valence-electron chi connectivity index (χ0n) is 9.49. The molecule has 0 radical (unpaired) electrons. The lowest BCUT2D eigenvalue weighted by atomic mass is 10.2. The van der Waals surface area contributed by atoms with E-state index in [1.54, 1.807) is 12.1 Å². The zero-order chi connectivity index (χ0) is 13.4. The highest BCUT2D eigenvalue weighted by atomic mass is 35.5. The van der Waals surface area contributed by atoms with E-state index >= 15 is 0 Å². The minimum atomic E-state index is -1.10. The molecule has 0 saturated heterocycles. The lowest BCUT2D eigenvalue weighted by molar-refractivity contribution is 0.0696. The van der Waals surface area contributed by atoms with Crippen molar-refractivity contribution in [3.8, 4) is 5.82 Å². The summed E-state index contributed by atoms with van der Waals surface area (Å²) in [6, 6.07) is 10.0. The van der Waals surface area contributed by atoms with Crippen molar-refractivity contribution >= 4 is 28.6 Å². The Labute approximate surface area is 112 Å². The molecule has 0 bridgehead atoms. The van der Waals surface area contributed by atoms with Crippen LogP contribution in [0.15, 0.2) is 36.4 Å². The van der Waals surface area contributed by atoms with E-state index in [0.29, 0.717) is 11.0 Å². The Kier molecular flexibility index (Phi) is 2.64. The molecule has 2 heterocycles. The van der Waals surface area contributed by atoms with E-state index in [2.05, 4.69) is 15.3 Å². The number of hydrogen-bond acceptors (Lipinski definition) is 4. The first kappa shape index (κ1) is 11.6. The fraction of sp³-hybridized carbons (Fsp3) is 0. The van der Waals surface area contributed by atoms with Crippen molar-refractivity contribution in [2.24, 2.45) is 0 Å². The van der Waals surface area contributed by atoms with Crippen molar-refractivity contribution in [3.63, 3.8) is 0 Å². The van der Waals surface area contributed by atoms with Gasteiger partial charge in [0.15, 0.2) is 5.82 Å². The van der Waals surface area contributed by atoms with Gasteiger partial charge >= 0.3 is 5.97 Å². The second kappa shape index (κ2) is 4.33. The Bertz CT molecular complexity index is 784. The number of nitrogens with zero attached hydrogens (tertiary/aromatic N) is 4. The number of carboxylic acids is 1. The van der Waals surface area contributed by atoms with Crippen LogP contribution in [0.2, 0.25) is 5.15 Å². The molecule has 0 aliphatic rings. The average molecular weight is 275 g/mol. The van der Waals surface area contributed by atoms with Crippen molar-refractivity contribution in [2.45, 2.75) is 0 Å². The molecule has 94 valence electrons. The van der Waals surface area contributed by atoms with Crippen LogP contribution in [0, 0.1) is 0 Å². The zero-order valence-corrected chi connectivity index (χ0v) is 10.2. The van der Waals surface area contributed by atoms with Gasteiger partial charge in [0.05, 0.1) is 5.52 Å². The van der Waals surface area contributed by atoms with Crippen LogP contribution in [0.25, 0.3) is 16.9 Å². The second-order valence-corrected chi connectivity index (χ2v) is 4.19. The molecule has 0 unspecified atom stereocenters. The molecule has 6 nitrogen and oxygen atoms in total. The summed E-state index contributed by atoms with van der Waals surface area (Å²) in [4.78, 5) is 15.3. The van der Waals surface area contributed by atoms with Gasteiger partial charge in [-0.3, -0.25) is 0 Å². The van der Waals surface area contributed by atoms with Gasteiger partial charge in [-0.1, -0.05) is 28.9 Å². The molecule has 2 aromatic heterocycles. The summed E-state index contributed by atoms with van der Waals surface area (Å²) in [6.45, 7) is 0. The molecular formula is C12H7ClN4O2. The maximum Gasteiger partial charge on any atom is 0.339 e. The van der Waals surface area contributed by atoms with Crippen LogP contribution in [-0.4, -0.2) is 31.1 Å². The average Bonchev–Trinajstić information content (AvgIpc) is 2.82. The number of aromatic nitrogens is 4. The van der Waals surface area contributed by atoms with Gasteiger partial charge in [0.25, 0.3) is 0 Å². The number of aromatic carboxylic acids is 1. The maximum atomic E-state index is 11.2. The number of para-hydroxylation sites is 1. The molecule has 0 atom stereocenters. The number of carboxylic acid groups (broad SMARTS) is 1. The quantitative estimate of drug-likeness (QED) is 0.724. The van der Waals surface area contributed by atoms with E-state index in [0.717, 1.165) is 0 Å². The molecule has 3 aromatic rings. The minimum absolute atomic E-state index is 0.0139. The van der Waals surface area contributed by atoms with Crippen LogP contribution < -0.4 is 0 Å². The topological polar surface area (TPSA) is 80.9 Å². The van der Waals surface area contributed by atoms with Gasteiger partial charge in [0, 0.05) is 0 Å². The molecule has 0 saturated carbocycles. The number of rotatable bonds is 2. The number of fused-ring (bicyclic) bond motifs is 1. The minimum Gasteiger partial charge on any atom is -0.478 e. The van der Waals surface area contributed by atoms with E-state index < -0.39 is 5.97 Å². The third-order valence-corrected chi connectivity index (χ3v) is 2.83. The fourth-order valence-corrected chi connectivity index (χ4v) is 1.92. The number of benzene rings is 1. The SMILES string of the molecule is O=C(O)c1ccc(Cl)nc1-n1nnc2ccccc21. The number of carbonyl (C=O) groups is 1. The third-order valence-electron chi connectivity index (χ3n) is 2.62. The lowest BCUT2D eigenvalue weighted by Gasteiger charge is -2.05. The maximum absolute atomic E-state index is 11.2. The first-order valence-electron chi connectivity index (χ1n) is 5.37. The van der Waals surface area contributed by atoms with Crippen LogP contribution >= 0.6 is 11.6 Å². The molecule has 0 spiro atoms. The highest BCUT2D eigenvalue weighted by Gasteiger charge is 2.17. The Balaban J connectivity index is 2.32. The first-order chi connectivity index (χ1) is 9.16. The number of pyridine rings is 1.